The van der Waals surface area contributed by atoms with Crippen LogP contribution in [0.25, 0.3) is 6.20 Å². The van der Waals surface area contributed by atoms with Crippen molar-refractivity contribution in [2.24, 2.45) is 4.99 Å². The third kappa shape index (κ3) is 1.20. The van der Waals surface area contributed by atoms with E-state index in [1.54, 1.807) is 12.5 Å². The van der Waals surface area contributed by atoms with E-state index in [-0.39, 0.29) is 5.56 Å². The van der Waals surface area contributed by atoms with Crippen molar-refractivity contribution in [2.75, 3.05) is 0 Å². The molecule has 5 heteroatoms. The van der Waals surface area contributed by atoms with Crippen LogP contribution in [0.5, 0.6) is 0 Å². The van der Waals surface area contributed by atoms with Crippen molar-refractivity contribution in [3.8, 4) is 0 Å². The maximum Gasteiger partial charge on any atom is 0.275 e. The molecule has 0 amide bonds. The highest BCUT2D eigenvalue weighted by molar-refractivity contribution is 5.30. The summed E-state index contributed by atoms with van der Waals surface area (Å²) >= 11 is 0. The van der Waals surface area contributed by atoms with Crippen molar-refractivity contribution in [3.05, 3.63) is 50.8 Å². The Kier molecular flexibility index (Phi) is 1.58. The smallest absolute Gasteiger partial charge is 0.275 e. The average Bonchev–Trinajstić information content (AvgIpc) is 2.63. The van der Waals surface area contributed by atoms with E-state index in [9.17, 15) is 4.79 Å². The van der Waals surface area contributed by atoms with Crippen LogP contribution in [0.15, 0.2) is 32.6 Å². The molecule has 0 atom stereocenters. The van der Waals surface area contributed by atoms with Crippen LogP contribution in [-0.2, 0) is 6.42 Å². The summed E-state index contributed by atoms with van der Waals surface area (Å²) in [5.41, 5.74) is 0.547. The number of hydrogen-bond acceptors (Lipinski definition) is 4. The van der Waals surface area contributed by atoms with E-state index in [4.69, 9.17) is 4.42 Å². The van der Waals surface area contributed by atoms with Gasteiger partial charge in [-0.2, -0.15) is 5.10 Å². The third-order valence-corrected chi connectivity index (χ3v) is 2.31. The van der Waals surface area contributed by atoms with Gasteiger partial charge in [-0.1, -0.05) is 0 Å². The van der Waals surface area contributed by atoms with E-state index < -0.39 is 0 Å². The Bertz CT molecular complexity index is 668. The Labute approximate surface area is 83.8 Å². The number of aromatic nitrogens is 2. The Morgan fingerprint density at radius 1 is 1.47 bits per heavy atom. The molecule has 2 aromatic rings. The summed E-state index contributed by atoms with van der Waals surface area (Å²) in [6.07, 6.45) is 3.70. The maximum absolute atomic E-state index is 11.2. The zero-order chi connectivity index (χ0) is 10.3. The number of H-pyrrole nitrogens is 1. The second-order valence-corrected chi connectivity index (χ2v) is 3.28. The first-order valence-electron chi connectivity index (χ1n) is 4.52. The zero-order valence-corrected chi connectivity index (χ0v) is 7.73. The molecule has 0 unspecified atom stereocenters. The van der Waals surface area contributed by atoms with E-state index in [1.165, 1.54) is 0 Å². The molecule has 1 N–H and O–H groups in total. The number of rotatable bonds is 2. The summed E-state index contributed by atoms with van der Waals surface area (Å²) in [6.45, 7) is 0. The van der Waals surface area contributed by atoms with E-state index >= 15 is 0 Å². The minimum absolute atomic E-state index is 0.191. The standard InChI is InChI=1S/C10H7N3O2/c14-10-7-5-11-9(7)8(12-13-10)4-6-2-1-3-15-6/h1-3,5H,4H2,(H,13,14). The molecule has 1 aliphatic heterocycles. The lowest BCUT2D eigenvalue weighted by Crippen LogP contribution is -2.48. The van der Waals surface area contributed by atoms with Gasteiger partial charge in [0, 0.05) is 6.20 Å². The van der Waals surface area contributed by atoms with Gasteiger partial charge in [0.25, 0.3) is 5.56 Å². The van der Waals surface area contributed by atoms with Gasteiger partial charge in [-0.05, 0) is 12.1 Å². The van der Waals surface area contributed by atoms with Crippen LogP contribution in [0.1, 0.15) is 11.5 Å². The predicted octanol–water partition coefficient (Wildman–Crippen LogP) is -0.675. The van der Waals surface area contributed by atoms with Crippen molar-refractivity contribution in [3.63, 3.8) is 0 Å². The summed E-state index contributed by atoms with van der Waals surface area (Å²) in [7, 11) is 0. The fourth-order valence-corrected chi connectivity index (χ4v) is 1.52. The molecule has 1 aliphatic rings. The van der Waals surface area contributed by atoms with Gasteiger partial charge in [0.2, 0.25) is 0 Å². The van der Waals surface area contributed by atoms with Gasteiger partial charge < -0.3 is 4.42 Å². The second kappa shape index (κ2) is 2.91. The van der Waals surface area contributed by atoms with Crippen molar-refractivity contribution in [2.45, 2.75) is 6.42 Å². The van der Waals surface area contributed by atoms with Crippen molar-refractivity contribution < 1.29 is 4.42 Å². The van der Waals surface area contributed by atoms with Crippen LogP contribution in [0.3, 0.4) is 0 Å². The van der Waals surface area contributed by atoms with Gasteiger partial charge in [0.15, 0.2) is 0 Å². The Morgan fingerprint density at radius 3 is 3.07 bits per heavy atom. The first-order valence-corrected chi connectivity index (χ1v) is 4.52. The highest BCUT2D eigenvalue weighted by Crippen LogP contribution is 2.03. The molecule has 74 valence electrons. The Hall–Kier alpha value is -2.17. The van der Waals surface area contributed by atoms with Crippen molar-refractivity contribution >= 4 is 6.20 Å². The molecule has 3 rings (SSSR count). The summed E-state index contributed by atoms with van der Waals surface area (Å²) < 4.78 is 5.20. The monoisotopic (exact) mass is 201 g/mol. The molecule has 5 nitrogen and oxygen atoms in total. The molecule has 3 heterocycles. The zero-order valence-electron chi connectivity index (χ0n) is 7.73. The van der Waals surface area contributed by atoms with Crippen LogP contribution in [-0.4, -0.2) is 10.2 Å². The summed E-state index contributed by atoms with van der Waals surface area (Å²) in [5.74, 6) is 0.804. The predicted molar refractivity (Wildman–Crippen MR) is 51.6 cm³/mol. The van der Waals surface area contributed by atoms with Gasteiger partial charge in [-0.15, -0.1) is 0 Å². The van der Waals surface area contributed by atoms with Gasteiger partial charge in [0.05, 0.1) is 23.6 Å². The van der Waals surface area contributed by atoms with Crippen LogP contribution < -0.4 is 16.1 Å². The maximum atomic E-state index is 11.2. The normalized spacial score (nSPS) is 12.3. The molecular weight excluding hydrogens is 194 g/mol. The fraction of sp³-hybridized carbons (Fsp3) is 0.100. The number of furan rings is 1. The van der Waals surface area contributed by atoms with Crippen LogP contribution in [0.4, 0.5) is 0 Å². The van der Waals surface area contributed by atoms with E-state index in [2.05, 4.69) is 15.2 Å². The second-order valence-electron chi connectivity index (χ2n) is 3.28. The lowest BCUT2D eigenvalue weighted by molar-refractivity contribution is 0.517. The molecule has 2 aromatic heterocycles. The highest BCUT2D eigenvalue weighted by Gasteiger charge is 2.10. The molecule has 0 bridgehead atoms. The Morgan fingerprint density at radius 2 is 2.40 bits per heavy atom. The summed E-state index contributed by atoms with van der Waals surface area (Å²) in [6, 6.07) is 3.68. The number of aromatic amines is 1. The minimum atomic E-state index is -0.191. The molecule has 0 aliphatic carbocycles. The van der Waals surface area contributed by atoms with Gasteiger partial charge in [-0.25, -0.2) is 5.10 Å². The van der Waals surface area contributed by atoms with E-state index in [1.807, 2.05) is 12.1 Å². The van der Waals surface area contributed by atoms with Crippen LogP contribution in [0.2, 0.25) is 0 Å². The van der Waals surface area contributed by atoms with Crippen molar-refractivity contribution in [1.29, 1.82) is 0 Å². The molecule has 0 saturated carbocycles. The molecule has 0 radical (unpaired) electrons. The molecule has 0 fully saturated rings. The Balaban J connectivity index is 2.09. The lowest BCUT2D eigenvalue weighted by atomic mass is 10.2. The summed E-state index contributed by atoms with van der Waals surface area (Å²) in [4.78, 5) is 15.2. The average molecular weight is 201 g/mol. The first kappa shape index (κ1) is 8.16. The first-order chi connectivity index (χ1) is 7.34. The van der Waals surface area contributed by atoms with Gasteiger partial charge in [0.1, 0.15) is 11.1 Å². The van der Waals surface area contributed by atoms with Crippen LogP contribution >= 0.6 is 0 Å². The molecule has 15 heavy (non-hydrogen) atoms. The molecule has 0 saturated heterocycles. The lowest BCUT2D eigenvalue weighted by Gasteiger charge is -2.02. The van der Waals surface area contributed by atoms with Gasteiger partial charge in [-0.3, -0.25) is 9.79 Å². The molecule has 0 spiro atoms. The largest absolute Gasteiger partial charge is 0.469 e. The van der Waals surface area contributed by atoms with E-state index in [0.29, 0.717) is 17.0 Å². The molecule has 0 aromatic carbocycles. The van der Waals surface area contributed by atoms with Gasteiger partial charge >= 0.3 is 0 Å². The quantitative estimate of drug-likeness (QED) is 0.700. The molecular formula is C10H7N3O2. The van der Waals surface area contributed by atoms with Crippen LogP contribution in [0, 0.1) is 0 Å². The third-order valence-electron chi connectivity index (χ3n) is 2.31. The SMILES string of the molecule is O=c1[nH]nc(Cc2ccco2)c2c1=CN=2. The fourth-order valence-electron chi connectivity index (χ4n) is 1.52. The minimum Gasteiger partial charge on any atom is -0.469 e. The highest BCUT2D eigenvalue weighted by atomic mass is 16.3. The van der Waals surface area contributed by atoms with Crippen molar-refractivity contribution in [1.82, 2.24) is 10.2 Å². The van der Waals surface area contributed by atoms with E-state index in [0.717, 1.165) is 11.5 Å². The number of nitrogens with one attached hydrogen (secondary N) is 1. The number of nitrogens with zero attached hydrogens (tertiary/aromatic N) is 2. The number of fused-ring (bicyclic) bond motifs is 1. The number of hydrogen-bond donors (Lipinski definition) is 1. The topological polar surface area (TPSA) is 71.2 Å². The summed E-state index contributed by atoms with van der Waals surface area (Å²) in [5, 5.41) is 7.67.